The summed E-state index contributed by atoms with van der Waals surface area (Å²) >= 11 is 0. The van der Waals surface area contributed by atoms with Crippen LogP contribution in [0.2, 0.25) is 0 Å². The maximum absolute atomic E-state index is 12.5. The van der Waals surface area contributed by atoms with Gasteiger partial charge in [0.05, 0.1) is 6.54 Å². The Bertz CT molecular complexity index is 473. The fourth-order valence-electron chi connectivity index (χ4n) is 5.13. The summed E-state index contributed by atoms with van der Waals surface area (Å²) in [5.74, 6) is 1.75. The lowest BCUT2D eigenvalue weighted by atomic mass is 9.89. The van der Waals surface area contributed by atoms with E-state index in [1.807, 2.05) is 11.9 Å². The zero-order valence-corrected chi connectivity index (χ0v) is 17.5. The zero-order chi connectivity index (χ0) is 19.8. The van der Waals surface area contributed by atoms with Gasteiger partial charge < -0.3 is 10.6 Å². The highest BCUT2D eigenvalue weighted by Gasteiger charge is 2.28. The van der Waals surface area contributed by atoms with Crippen LogP contribution in [0.1, 0.15) is 57.8 Å². The first-order valence-corrected chi connectivity index (χ1v) is 11.4. The Morgan fingerprint density at radius 1 is 1.00 bits per heavy atom. The van der Waals surface area contributed by atoms with Crippen LogP contribution in [0.25, 0.3) is 0 Å². The molecule has 0 aromatic rings. The first-order valence-electron chi connectivity index (χ1n) is 11.4. The van der Waals surface area contributed by atoms with Crippen molar-refractivity contribution in [2.24, 2.45) is 10.9 Å². The molecule has 1 saturated carbocycles. The molecule has 2 N–H and O–H groups in total. The van der Waals surface area contributed by atoms with Crippen molar-refractivity contribution in [3.8, 4) is 0 Å². The average Bonchev–Trinajstić information content (AvgIpc) is 3.14. The van der Waals surface area contributed by atoms with Crippen LogP contribution in [0.15, 0.2) is 4.99 Å². The van der Waals surface area contributed by atoms with E-state index < -0.39 is 6.43 Å². The van der Waals surface area contributed by atoms with Crippen LogP contribution >= 0.6 is 0 Å². The molecule has 0 radical (unpaired) electrons. The summed E-state index contributed by atoms with van der Waals surface area (Å²) in [4.78, 5) is 8.95. The molecule has 3 fully saturated rings. The Morgan fingerprint density at radius 3 is 2.43 bits per heavy atom. The van der Waals surface area contributed by atoms with E-state index >= 15 is 0 Å². The van der Waals surface area contributed by atoms with E-state index in [9.17, 15) is 8.78 Å². The fraction of sp³-hybridized carbons (Fsp3) is 0.952. The number of aliphatic imine (C=N–C) groups is 1. The highest BCUT2D eigenvalue weighted by Crippen LogP contribution is 2.27. The minimum absolute atomic E-state index is 0.0990. The number of hydrogen-bond donors (Lipinski definition) is 2. The zero-order valence-electron chi connectivity index (χ0n) is 17.5. The maximum Gasteiger partial charge on any atom is 0.251 e. The molecule has 0 amide bonds. The molecular weight excluding hydrogens is 360 g/mol. The summed E-state index contributed by atoms with van der Waals surface area (Å²) in [6.07, 6.45) is 9.18. The molecule has 2 aliphatic heterocycles. The minimum atomic E-state index is -2.23. The Morgan fingerprint density at radius 2 is 1.75 bits per heavy atom. The smallest absolute Gasteiger partial charge is 0.251 e. The normalized spacial score (nSPS) is 26.9. The summed E-state index contributed by atoms with van der Waals surface area (Å²) in [6, 6.07) is 0.926. The van der Waals surface area contributed by atoms with Crippen molar-refractivity contribution in [3.05, 3.63) is 0 Å². The molecular formula is C21H39F2N5. The van der Waals surface area contributed by atoms with Crippen LogP contribution in [0, 0.1) is 5.92 Å². The highest BCUT2D eigenvalue weighted by molar-refractivity contribution is 5.80. The number of alkyl halides is 2. The predicted molar refractivity (Wildman–Crippen MR) is 111 cm³/mol. The predicted octanol–water partition coefficient (Wildman–Crippen LogP) is 2.93. The quantitative estimate of drug-likeness (QED) is 0.510. The molecule has 1 unspecified atom stereocenters. The van der Waals surface area contributed by atoms with Gasteiger partial charge in [-0.1, -0.05) is 19.3 Å². The second-order valence-corrected chi connectivity index (χ2v) is 8.86. The molecule has 0 aromatic carbocycles. The van der Waals surface area contributed by atoms with Gasteiger partial charge >= 0.3 is 0 Å². The number of likely N-dealkylation sites (tertiary alicyclic amines) is 2. The van der Waals surface area contributed by atoms with Gasteiger partial charge in [0.2, 0.25) is 0 Å². The van der Waals surface area contributed by atoms with E-state index in [0.29, 0.717) is 12.1 Å². The molecule has 5 nitrogen and oxygen atoms in total. The standard InChI is InChI=1S/C21H39F2N5/c1-24-21(26-18-9-12-27(13-10-18)16-20(22)23)25-14-19-8-5-11-28(19)15-17-6-3-2-4-7-17/h17-20H,2-16H2,1H3,(H2,24,25,26). The van der Waals surface area contributed by atoms with E-state index in [0.717, 1.165) is 44.4 Å². The lowest BCUT2D eigenvalue weighted by Gasteiger charge is -2.33. The SMILES string of the molecule is CN=C(NCC1CCCN1CC1CCCCC1)NC1CCN(CC(F)F)CC1. The van der Waals surface area contributed by atoms with Crippen molar-refractivity contribution in [1.82, 2.24) is 20.4 Å². The van der Waals surface area contributed by atoms with E-state index in [4.69, 9.17) is 0 Å². The van der Waals surface area contributed by atoms with Crippen molar-refractivity contribution in [3.63, 3.8) is 0 Å². The van der Waals surface area contributed by atoms with Crippen molar-refractivity contribution >= 4 is 5.96 Å². The largest absolute Gasteiger partial charge is 0.355 e. The van der Waals surface area contributed by atoms with Crippen molar-refractivity contribution < 1.29 is 8.78 Å². The monoisotopic (exact) mass is 399 g/mol. The molecule has 3 aliphatic rings. The lowest BCUT2D eigenvalue weighted by Crippen LogP contribution is -2.51. The highest BCUT2D eigenvalue weighted by atomic mass is 19.3. The second kappa shape index (κ2) is 11.3. The van der Waals surface area contributed by atoms with Crippen LogP contribution in [-0.2, 0) is 0 Å². The van der Waals surface area contributed by atoms with Gasteiger partial charge in [-0.3, -0.25) is 14.8 Å². The summed E-state index contributed by atoms with van der Waals surface area (Å²) in [7, 11) is 1.82. The van der Waals surface area contributed by atoms with Gasteiger partial charge in [0.1, 0.15) is 0 Å². The van der Waals surface area contributed by atoms with Crippen molar-refractivity contribution in [2.75, 3.05) is 46.3 Å². The van der Waals surface area contributed by atoms with Gasteiger partial charge in [-0.15, -0.1) is 0 Å². The molecule has 0 aromatic heterocycles. The molecule has 2 saturated heterocycles. The van der Waals surface area contributed by atoms with Crippen molar-refractivity contribution in [1.29, 1.82) is 0 Å². The van der Waals surface area contributed by atoms with Gasteiger partial charge in [-0.05, 0) is 51.0 Å². The van der Waals surface area contributed by atoms with E-state index in [1.54, 1.807) is 0 Å². The summed E-state index contributed by atoms with van der Waals surface area (Å²) in [5.41, 5.74) is 0. The van der Waals surface area contributed by atoms with Crippen molar-refractivity contribution in [2.45, 2.75) is 76.3 Å². The Labute approximate surface area is 169 Å². The van der Waals surface area contributed by atoms with Crippen LogP contribution < -0.4 is 10.6 Å². The Hall–Kier alpha value is -0.950. The van der Waals surface area contributed by atoms with Crippen LogP contribution in [0.3, 0.4) is 0 Å². The molecule has 0 spiro atoms. The third kappa shape index (κ3) is 6.83. The van der Waals surface area contributed by atoms with Gasteiger partial charge in [0.15, 0.2) is 5.96 Å². The summed E-state index contributed by atoms with van der Waals surface area (Å²) in [5, 5.41) is 7.04. The molecule has 2 heterocycles. The van der Waals surface area contributed by atoms with Crippen LogP contribution in [0.4, 0.5) is 8.78 Å². The molecule has 1 atom stereocenters. The first-order chi connectivity index (χ1) is 13.6. The number of rotatable bonds is 7. The Balaban J connectivity index is 1.37. The third-order valence-corrected chi connectivity index (χ3v) is 6.77. The number of guanidine groups is 1. The third-order valence-electron chi connectivity index (χ3n) is 6.77. The number of piperidine rings is 1. The number of nitrogens with one attached hydrogen (secondary N) is 2. The molecule has 0 bridgehead atoms. The second-order valence-electron chi connectivity index (χ2n) is 8.86. The maximum atomic E-state index is 12.5. The molecule has 7 heteroatoms. The first kappa shape index (κ1) is 21.8. The average molecular weight is 400 g/mol. The molecule has 162 valence electrons. The van der Waals surface area contributed by atoms with Crippen LogP contribution in [-0.4, -0.2) is 80.6 Å². The molecule has 1 aliphatic carbocycles. The van der Waals surface area contributed by atoms with E-state index in [2.05, 4.69) is 20.5 Å². The Kier molecular flexibility index (Phi) is 8.77. The van der Waals surface area contributed by atoms with E-state index in [-0.39, 0.29) is 6.54 Å². The van der Waals surface area contributed by atoms with Crippen LogP contribution in [0.5, 0.6) is 0 Å². The number of hydrogen-bond acceptors (Lipinski definition) is 3. The fourth-order valence-corrected chi connectivity index (χ4v) is 5.13. The number of nitrogens with zero attached hydrogens (tertiary/aromatic N) is 3. The van der Waals surface area contributed by atoms with E-state index in [1.165, 1.54) is 58.0 Å². The van der Waals surface area contributed by atoms with Gasteiger partial charge in [0, 0.05) is 45.3 Å². The van der Waals surface area contributed by atoms with Gasteiger partial charge in [-0.2, -0.15) is 0 Å². The lowest BCUT2D eigenvalue weighted by molar-refractivity contribution is 0.0744. The molecule has 28 heavy (non-hydrogen) atoms. The topological polar surface area (TPSA) is 42.9 Å². The minimum Gasteiger partial charge on any atom is -0.355 e. The van der Waals surface area contributed by atoms with Gasteiger partial charge in [0.25, 0.3) is 6.43 Å². The number of halogens is 2. The summed E-state index contributed by atoms with van der Waals surface area (Å²) < 4.78 is 25.0. The molecule has 3 rings (SSSR count). The summed E-state index contributed by atoms with van der Waals surface area (Å²) in [6.45, 7) is 4.81. The van der Waals surface area contributed by atoms with Gasteiger partial charge in [-0.25, -0.2) is 8.78 Å².